The van der Waals surface area contributed by atoms with Gasteiger partial charge in [0.25, 0.3) is 0 Å². The van der Waals surface area contributed by atoms with Crippen LogP contribution < -0.4 is 5.32 Å². The Kier molecular flexibility index (Phi) is 7.99. The molecule has 27 heavy (non-hydrogen) atoms. The minimum Gasteiger partial charge on any atom is -0.465 e. The second kappa shape index (κ2) is 10.2. The molecule has 8 heteroatoms. The van der Waals surface area contributed by atoms with E-state index in [0.717, 1.165) is 12.0 Å². The van der Waals surface area contributed by atoms with Gasteiger partial charge in [-0.05, 0) is 31.0 Å². The number of esters is 1. The van der Waals surface area contributed by atoms with E-state index in [1.165, 1.54) is 12.1 Å². The molecule has 1 fully saturated rings. The van der Waals surface area contributed by atoms with Crippen molar-refractivity contribution in [1.82, 2.24) is 5.32 Å². The number of cyclic esters (lactones) is 1. The van der Waals surface area contributed by atoms with E-state index in [9.17, 15) is 14.0 Å². The van der Waals surface area contributed by atoms with Crippen LogP contribution in [0.5, 0.6) is 0 Å². The summed E-state index contributed by atoms with van der Waals surface area (Å²) in [7, 11) is 0. The van der Waals surface area contributed by atoms with E-state index in [0.29, 0.717) is 13.0 Å². The number of carbonyl (C=O) groups is 2. The Morgan fingerprint density at radius 1 is 1.37 bits per heavy atom. The zero-order valence-corrected chi connectivity index (χ0v) is 15.5. The molecule has 150 valence electrons. The fraction of sp³-hybridized carbons (Fsp3) is 0.579. The van der Waals surface area contributed by atoms with Crippen molar-refractivity contribution in [2.75, 3.05) is 13.2 Å². The molecule has 7 nitrogen and oxygen atoms in total. The molecule has 0 bridgehead atoms. The summed E-state index contributed by atoms with van der Waals surface area (Å²) in [4.78, 5) is 23.2. The summed E-state index contributed by atoms with van der Waals surface area (Å²) < 4.78 is 30.5. The highest BCUT2D eigenvalue weighted by molar-refractivity contribution is 5.80. The van der Waals surface area contributed by atoms with Crippen LogP contribution in [-0.2, 0) is 25.4 Å². The Balaban J connectivity index is 2.18. The molecular formula is C19H26FNO6. The first-order chi connectivity index (χ1) is 12.9. The Morgan fingerprint density at radius 3 is 2.70 bits per heavy atom. The molecule has 4 atom stereocenters. The van der Waals surface area contributed by atoms with Crippen molar-refractivity contribution in [3.05, 3.63) is 35.6 Å². The molecule has 0 aromatic heterocycles. The molecule has 1 aliphatic heterocycles. The van der Waals surface area contributed by atoms with Gasteiger partial charge in [0, 0.05) is 26.1 Å². The van der Waals surface area contributed by atoms with Crippen LogP contribution in [0.3, 0.4) is 0 Å². The first kappa shape index (κ1) is 21.1. The van der Waals surface area contributed by atoms with Gasteiger partial charge in [0.05, 0.1) is 6.10 Å². The zero-order valence-electron chi connectivity index (χ0n) is 15.5. The van der Waals surface area contributed by atoms with Gasteiger partial charge in [-0.3, -0.25) is 0 Å². The van der Waals surface area contributed by atoms with Crippen LogP contribution in [0, 0.1) is 5.82 Å². The maximum Gasteiger partial charge on any atom is 0.405 e. The zero-order chi connectivity index (χ0) is 19.8. The predicted octanol–water partition coefficient (Wildman–Crippen LogP) is 2.52. The van der Waals surface area contributed by atoms with E-state index in [4.69, 9.17) is 19.3 Å². The van der Waals surface area contributed by atoms with Gasteiger partial charge in [0.2, 0.25) is 0 Å². The smallest absolute Gasteiger partial charge is 0.405 e. The van der Waals surface area contributed by atoms with Crippen molar-refractivity contribution in [3.8, 4) is 0 Å². The normalized spacial score (nSPS) is 26.4. The van der Waals surface area contributed by atoms with E-state index >= 15 is 0 Å². The SMILES string of the molecule is CCCO[C@H]1[C@H](C)OC(=O)[C@@H](NC(=O)O)CCO[C@@H]1Cc1ccc(F)cc1. The van der Waals surface area contributed by atoms with Gasteiger partial charge >= 0.3 is 12.1 Å². The lowest BCUT2D eigenvalue weighted by Crippen LogP contribution is -2.45. The molecule has 2 N–H and O–H groups in total. The Hall–Kier alpha value is -2.19. The third kappa shape index (κ3) is 6.48. The average molecular weight is 383 g/mol. The average Bonchev–Trinajstić information content (AvgIpc) is 2.66. The summed E-state index contributed by atoms with van der Waals surface area (Å²) in [6, 6.07) is 5.11. The summed E-state index contributed by atoms with van der Waals surface area (Å²) in [5.41, 5.74) is 0.865. The van der Waals surface area contributed by atoms with E-state index in [-0.39, 0.29) is 18.8 Å². The number of carboxylic acid groups (broad SMARTS) is 1. The minimum atomic E-state index is -1.30. The predicted molar refractivity (Wildman–Crippen MR) is 95.0 cm³/mol. The van der Waals surface area contributed by atoms with Gasteiger partial charge in [-0.15, -0.1) is 0 Å². The molecular weight excluding hydrogens is 357 g/mol. The molecule has 1 aliphatic rings. The summed E-state index contributed by atoms with van der Waals surface area (Å²) in [6.07, 6.45) is -1.50. The van der Waals surface area contributed by atoms with E-state index in [1.807, 2.05) is 6.92 Å². The van der Waals surface area contributed by atoms with Crippen LogP contribution in [0.15, 0.2) is 24.3 Å². The number of hydrogen-bond acceptors (Lipinski definition) is 5. The van der Waals surface area contributed by atoms with Gasteiger partial charge in [-0.1, -0.05) is 19.1 Å². The lowest BCUT2D eigenvalue weighted by Gasteiger charge is -2.31. The summed E-state index contributed by atoms with van der Waals surface area (Å²) in [5, 5.41) is 11.1. The summed E-state index contributed by atoms with van der Waals surface area (Å²) >= 11 is 0. The van der Waals surface area contributed by atoms with Gasteiger partial charge in [0.1, 0.15) is 24.1 Å². The lowest BCUT2D eigenvalue weighted by atomic mass is 10.0. The maximum atomic E-state index is 13.2. The Labute approximate surface area is 157 Å². The number of halogens is 1. The van der Waals surface area contributed by atoms with Crippen molar-refractivity contribution < 1.29 is 33.3 Å². The first-order valence-corrected chi connectivity index (χ1v) is 9.08. The molecule has 0 aliphatic carbocycles. The summed E-state index contributed by atoms with van der Waals surface area (Å²) in [5.74, 6) is -0.973. The number of hydrogen-bond donors (Lipinski definition) is 2. The van der Waals surface area contributed by atoms with E-state index < -0.39 is 36.4 Å². The topological polar surface area (TPSA) is 94.1 Å². The quantitative estimate of drug-likeness (QED) is 0.733. The first-order valence-electron chi connectivity index (χ1n) is 9.08. The highest BCUT2D eigenvalue weighted by Crippen LogP contribution is 2.20. The van der Waals surface area contributed by atoms with Crippen LogP contribution in [0.25, 0.3) is 0 Å². The van der Waals surface area contributed by atoms with Crippen molar-refractivity contribution in [2.45, 2.75) is 57.5 Å². The number of rotatable bonds is 6. The lowest BCUT2D eigenvalue weighted by molar-refractivity contribution is -0.164. The van der Waals surface area contributed by atoms with Crippen LogP contribution >= 0.6 is 0 Å². The Morgan fingerprint density at radius 2 is 2.07 bits per heavy atom. The van der Waals surface area contributed by atoms with E-state index in [2.05, 4.69) is 5.32 Å². The van der Waals surface area contributed by atoms with E-state index in [1.54, 1.807) is 19.1 Å². The fourth-order valence-corrected chi connectivity index (χ4v) is 2.99. The van der Waals surface area contributed by atoms with Crippen molar-refractivity contribution in [2.24, 2.45) is 0 Å². The van der Waals surface area contributed by atoms with Crippen molar-refractivity contribution in [3.63, 3.8) is 0 Å². The fourth-order valence-electron chi connectivity index (χ4n) is 2.99. The van der Waals surface area contributed by atoms with Gasteiger partial charge in [-0.25, -0.2) is 14.0 Å². The Bertz CT molecular complexity index is 623. The molecule has 0 radical (unpaired) electrons. The molecule has 0 spiro atoms. The van der Waals surface area contributed by atoms with Crippen molar-refractivity contribution >= 4 is 12.1 Å². The molecule has 1 amide bonds. The third-order valence-corrected chi connectivity index (χ3v) is 4.32. The molecule has 1 heterocycles. The van der Waals surface area contributed by atoms with Crippen molar-refractivity contribution in [1.29, 1.82) is 0 Å². The molecule has 0 saturated carbocycles. The van der Waals surface area contributed by atoms with Gasteiger partial charge < -0.3 is 24.6 Å². The number of carbonyl (C=O) groups excluding carboxylic acids is 1. The van der Waals surface area contributed by atoms with Gasteiger partial charge in [-0.2, -0.15) is 0 Å². The molecule has 1 saturated heterocycles. The number of nitrogens with one attached hydrogen (secondary N) is 1. The molecule has 1 aromatic carbocycles. The maximum absolute atomic E-state index is 13.2. The number of ether oxygens (including phenoxy) is 3. The van der Waals surface area contributed by atoms with Crippen LogP contribution in [0.1, 0.15) is 32.3 Å². The largest absolute Gasteiger partial charge is 0.465 e. The number of benzene rings is 1. The van der Waals surface area contributed by atoms with Crippen LogP contribution in [0.2, 0.25) is 0 Å². The molecule has 1 aromatic rings. The minimum absolute atomic E-state index is 0.151. The number of amides is 1. The standard InChI is InChI=1S/C19H26FNO6/c1-3-9-26-17-12(2)27-18(22)15(21-19(23)24)8-10-25-16(17)11-13-4-6-14(20)7-5-13/h4-7,12,15-17,21H,3,8-11H2,1-2H3,(H,23,24)/t12-,15-,16+,17-/m0/s1. The monoisotopic (exact) mass is 383 g/mol. The highest BCUT2D eigenvalue weighted by Gasteiger charge is 2.35. The second-order valence-electron chi connectivity index (χ2n) is 6.51. The molecule has 2 rings (SSSR count). The summed E-state index contributed by atoms with van der Waals surface area (Å²) in [6.45, 7) is 4.29. The van der Waals surface area contributed by atoms with Crippen LogP contribution in [-0.4, -0.2) is 54.7 Å². The van der Waals surface area contributed by atoms with Gasteiger partial charge in [0.15, 0.2) is 0 Å². The highest BCUT2D eigenvalue weighted by atomic mass is 19.1. The molecule has 0 unspecified atom stereocenters. The second-order valence-corrected chi connectivity index (χ2v) is 6.51. The third-order valence-electron chi connectivity index (χ3n) is 4.32. The van der Waals surface area contributed by atoms with Crippen LogP contribution in [0.4, 0.5) is 9.18 Å².